The van der Waals surface area contributed by atoms with Crippen LogP contribution in [0, 0.1) is 110 Å². The van der Waals surface area contributed by atoms with E-state index in [1.54, 1.807) is 0 Å². The molecule has 0 aliphatic heterocycles. The first kappa shape index (κ1) is 79.9. The molecule has 5 aromatic carbocycles. The molecule has 0 aliphatic rings. The largest absolute Gasteiger partial charge is 0.260 e. The monoisotopic (exact) mass is 1460 g/mol. The number of hydrogen-bond donors (Lipinski definition) is 0. The molecule has 10 heterocycles. The molecule has 10 nitrogen and oxygen atoms in total. The van der Waals surface area contributed by atoms with E-state index in [1.165, 1.54) is 178 Å². The number of nitrogens with zero attached hydrogens (tertiary/aromatic N) is 10. The molecule has 0 aliphatic carbocycles. The topological polar surface area (TPSA) is 83.8 Å². The van der Waals surface area contributed by atoms with E-state index in [0.717, 1.165) is 39.9 Å². The van der Waals surface area contributed by atoms with Crippen molar-refractivity contribution in [1.29, 1.82) is 0 Å². The fourth-order valence-electron chi connectivity index (χ4n) is 15.5. The maximum absolute atomic E-state index is 4.90. The Kier molecular flexibility index (Phi) is 24.6. The Labute approximate surface area is 655 Å². The van der Waals surface area contributed by atoms with Crippen LogP contribution in [0.2, 0.25) is 0 Å². The molecule has 0 amide bonds. The molecule has 15 aromatic rings. The van der Waals surface area contributed by atoms with E-state index >= 15 is 0 Å². The molecule has 560 valence electrons. The van der Waals surface area contributed by atoms with Gasteiger partial charge >= 0.3 is 0 Å². The lowest BCUT2D eigenvalue weighted by Crippen LogP contribution is -2.31. The van der Waals surface area contributed by atoms with Crippen LogP contribution in [-0.4, -0.2) is 24.9 Å². The van der Waals surface area contributed by atoms with Gasteiger partial charge in [0.15, 0.2) is 31.0 Å². The van der Waals surface area contributed by atoms with E-state index in [9.17, 15) is 0 Å². The van der Waals surface area contributed by atoms with Crippen molar-refractivity contribution in [2.75, 3.05) is 0 Å². The van der Waals surface area contributed by atoms with Crippen molar-refractivity contribution in [3.63, 3.8) is 0 Å². The molecule has 0 saturated carbocycles. The molecular weight excluding hydrogens is 1340 g/mol. The van der Waals surface area contributed by atoms with Gasteiger partial charge in [0.25, 0.3) is 0 Å². The standard InChI is InChI=1S/C22H27N2.2C21H25N2.2C18H19N2/c1-14(2)11-18-7-8-19-21(23-18)9-10-24(6)22(19)20-13-15(3)12-16(4)17(20)5;1-13(2)20-11-19-17(12-22-20)7-8-23(6)21(19)18-10-14(3)9-15(4)16(18)5;1-13(2)19-8-7-17-20(22-19)9-10-23(6)21(17)18-12-14(3)11-15(4)16(18)5;2*1-12-10-13(2)14(3)16(11-12)18-15-6-5-8-19-17(15)7-9-20(18)4/h7-10,12-14H,11H2,1-6H3;2*7-13H,1-6H3;2*5-11H,1-4H3/q5*+1. The summed E-state index contributed by atoms with van der Waals surface area (Å²) in [6, 6.07) is 52.5. The van der Waals surface area contributed by atoms with Crippen LogP contribution < -0.4 is 22.8 Å². The highest BCUT2D eigenvalue weighted by Crippen LogP contribution is 2.37. The van der Waals surface area contributed by atoms with Gasteiger partial charge in [0.1, 0.15) is 35.2 Å². The van der Waals surface area contributed by atoms with E-state index in [-0.39, 0.29) is 0 Å². The smallest absolute Gasteiger partial charge is 0.222 e. The van der Waals surface area contributed by atoms with E-state index in [2.05, 4.69) is 383 Å². The minimum Gasteiger partial charge on any atom is -0.260 e. The number of pyridine rings is 10. The summed E-state index contributed by atoms with van der Waals surface area (Å²) in [6.07, 6.45) is 17.3. The molecule has 0 bridgehead atoms. The first-order chi connectivity index (χ1) is 52.3. The second-order valence-corrected chi connectivity index (χ2v) is 32.0. The summed E-state index contributed by atoms with van der Waals surface area (Å²) in [5.41, 5.74) is 40.3. The van der Waals surface area contributed by atoms with Crippen molar-refractivity contribution >= 4 is 54.4 Å². The van der Waals surface area contributed by atoms with Gasteiger partial charge < -0.3 is 0 Å². The number of aromatic nitrogens is 10. The third-order valence-electron chi connectivity index (χ3n) is 22.0. The second kappa shape index (κ2) is 33.8. The predicted octanol–water partition coefficient (Wildman–Crippen LogP) is 21.7. The number of rotatable bonds is 9. The third kappa shape index (κ3) is 17.3. The highest BCUT2D eigenvalue weighted by molar-refractivity contribution is 5.96. The fourth-order valence-corrected chi connectivity index (χ4v) is 15.5. The highest BCUT2D eigenvalue weighted by atomic mass is 15.0. The predicted molar refractivity (Wildman–Crippen MR) is 460 cm³/mol. The quantitative estimate of drug-likeness (QED) is 0.134. The summed E-state index contributed by atoms with van der Waals surface area (Å²) in [7, 11) is 10.6. The summed E-state index contributed by atoms with van der Waals surface area (Å²) < 4.78 is 11.0. The third-order valence-corrected chi connectivity index (χ3v) is 22.0. The lowest BCUT2D eigenvalue weighted by atomic mass is 9.94. The van der Waals surface area contributed by atoms with Crippen LogP contribution in [-0.2, 0) is 41.7 Å². The zero-order valence-electron chi connectivity index (χ0n) is 70.4. The molecule has 10 aromatic heterocycles. The number of aryl methyl sites for hydroxylation is 15. The van der Waals surface area contributed by atoms with E-state index in [0.29, 0.717) is 17.8 Å². The number of fused-ring (bicyclic) bond motifs is 5. The summed E-state index contributed by atoms with van der Waals surface area (Å²) in [5.74, 6) is 1.49. The molecule has 10 heteroatoms. The van der Waals surface area contributed by atoms with Gasteiger partial charge in [-0.1, -0.05) is 99.7 Å². The van der Waals surface area contributed by atoms with Gasteiger partial charge in [0.2, 0.25) is 28.5 Å². The summed E-state index contributed by atoms with van der Waals surface area (Å²) in [5, 5.41) is 7.31. The normalized spacial score (nSPS) is 11.3. The maximum Gasteiger partial charge on any atom is 0.222 e. The highest BCUT2D eigenvalue weighted by Gasteiger charge is 2.25. The molecule has 0 unspecified atom stereocenters. The van der Waals surface area contributed by atoms with Gasteiger partial charge in [-0.3, -0.25) is 24.9 Å². The summed E-state index contributed by atoms with van der Waals surface area (Å²) in [6.45, 7) is 46.0. The second-order valence-electron chi connectivity index (χ2n) is 32.0. The van der Waals surface area contributed by atoms with Crippen LogP contribution in [0.25, 0.3) is 111 Å². The van der Waals surface area contributed by atoms with Crippen molar-refractivity contribution in [1.82, 2.24) is 24.9 Å². The minimum absolute atomic E-state index is 0.429. The van der Waals surface area contributed by atoms with Gasteiger partial charge in [-0.2, -0.15) is 0 Å². The molecule has 0 N–H and O–H groups in total. The molecule has 0 atom stereocenters. The van der Waals surface area contributed by atoms with Crippen molar-refractivity contribution in [2.24, 2.45) is 41.2 Å². The van der Waals surface area contributed by atoms with Gasteiger partial charge in [0, 0.05) is 71.4 Å². The number of hydrogen-bond acceptors (Lipinski definition) is 5. The minimum atomic E-state index is 0.429. The fraction of sp³-hybridized carbons (Fsp3) is 0.300. The zero-order valence-corrected chi connectivity index (χ0v) is 70.4. The average Bonchev–Trinajstić information content (AvgIpc) is 0.792. The van der Waals surface area contributed by atoms with Crippen molar-refractivity contribution in [3.05, 3.63) is 296 Å². The Morgan fingerprint density at radius 1 is 0.291 bits per heavy atom. The Hall–Kier alpha value is -11.1. The Balaban J connectivity index is 0.000000137. The van der Waals surface area contributed by atoms with E-state index in [1.807, 2.05) is 30.7 Å². The van der Waals surface area contributed by atoms with Crippen LogP contribution in [0.1, 0.15) is 154 Å². The van der Waals surface area contributed by atoms with Crippen LogP contribution in [0.3, 0.4) is 0 Å². The van der Waals surface area contributed by atoms with Gasteiger partial charge in [-0.25, -0.2) is 22.8 Å². The van der Waals surface area contributed by atoms with E-state index in [4.69, 9.17) is 9.97 Å². The lowest BCUT2D eigenvalue weighted by Gasteiger charge is -2.12. The molecular formula is C100H115N10+5. The Morgan fingerprint density at radius 2 is 0.600 bits per heavy atom. The first-order valence-electron chi connectivity index (χ1n) is 39.0. The zero-order chi connectivity index (χ0) is 79.4. The van der Waals surface area contributed by atoms with Crippen molar-refractivity contribution in [2.45, 2.75) is 164 Å². The molecule has 0 spiro atoms. The average molecular weight is 1460 g/mol. The lowest BCUT2D eigenvalue weighted by molar-refractivity contribution is -0.659. The van der Waals surface area contributed by atoms with Crippen molar-refractivity contribution in [3.8, 4) is 56.3 Å². The van der Waals surface area contributed by atoms with Gasteiger partial charge in [-0.05, 0) is 269 Å². The molecule has 110 heavy (non-hydrogen) atoms. The van der Waals surface area contributed by atoms with E-state index < -0.39 is 0 Å². The molecule has 0 radical (unpaired) electrons. The molecule has 0 fully saturated rings. The number of benzene rings is 5. The van der Waals surface area contributed by atoms with Crippen LogP contribution in [0.15, 0.2) is 195 Å². The Bertz CT molecular complexity index is 5860. The summed E-state index contributed by atoms with van der Waals surface area (Å²) in [4.78, 5) is 23.3. The molecule has 15 rings (SSSR count). The van der Waals surface area contributed by atoms with Crippen LogP contribution >= 0.6 is 0 Å². The first-order valence-corrected chi connectivity index (χ1v) is 39.0. The SMILES string of the molecule is Cc1cc(C)c(C)c(-c2c3cc(C(C)C)ncc3cc[n+]2C)c1.Cc1cc(C)c(C)c(-c2c3ccc(C(C)C)nc3cc[n+]2C)c1.Cc1cc(C)c(C)c(-c2c3ccc(CC(C)C)nc3cc[n+]2C)c1.Cc1cc(C)c(C)c(-c2c3cccnc3cc[n+]2C)c1.Cc1cc(C)c(C)c(-c2c3cccnc3cc[n+]2C)c1. The maximum atomic E-state index is 4.90. The Morgan fingerprint density at radius 3 is 0.945 bits per heavy atom. The van der Waals surface area contributed by atoms with Crippen LogP contribution in [0.4, 0.5) is 0 Å². The van der Waals surface area contributed by atoms with Crippen molar-refractivity contribution < 1.29 is 22.8 Å². The molecule has 0 saturated heterocycles. The van der Waals surface area contributed by atoms with Gasteiger partial charge in [0.05, 0.1) is 76.8 Å². The van der Waals surface area contributed by atoms with Crippen LogP contribution in [0.5, 0.6) is 0 Å². The van der Waals surface area contributed by atoms with Gasteiger partial charge in [-0.15, -0.1) is 0 Å². The summed E-state index contributed by atoms with van der Waals surface area (Å²) >= 11 is 0.